The van der Waals surface area contributed by atoms with Gasteiger partial charge in [-0.3, -0.25) is 4.79 Å². The molecule has 1 aliphatic heterocycles. The predicted molar refractivity (Wildman–Crippen MR) is 145 cm³/mol. The molecule has 0 aliphatic carbocycles. The number of fused-ring (bicyclic) bond motifs is 2. The zero-order chi connectivity index (χ0) is 25.5. The standard InChI is InChI=1S/C31H23F2N3O/c1-35-19-26-25-14-24(32)15-27(33)30(25)36(18-23-16-34-29(28(23)26)31(35)37)17-22(21-10-6-3-7-11-21)13-12-20-8-4-2-5-9-20/h2-17,19,34H,18H2,1H3/b13-12+,22-17-. The molecule has 0 amide bonds. The monoisotopic (exact) mass is 491 g/mol. The van der Waals surface area contributed by atoms with E-state index in [-0.39, 0.29) is 11.2 Å². The average molecular weight is 492 g/mol. The van der Waals surface area contributed by atoms with Crippen molar-refractivity contribution >= 4 is 28.2 Å². The van der Waals surface area contributed by atoms with Crippen LogP contribution in [0, 0.1) is 11.6 Å². The minimum absolute atomic E-state index is 0.191. The van der Waals surface area contributed by atoms with Crippen LogP contribution >= 0.6 is 0 Å². The predicted octanol–water partition coefficient (Wildman–Crippen LogP) is 6.89. The minimum atomic E-state index is -0.673. The maximum Gasteiger partial charge on any atom is 0.274 e. The highest BCUT2D eigenvalue weighted by Gasteiger charge is 2.27. The number of benzene rings is 3. The molecule has 0 bridgehead atoms. The van der Waals surface area contributed by atoms with Crippen LogP contribution in [0.3, 0.4) is 0 Å². The van der Waals surface area contributed by atoms with Crippen LogP contribution in [0.5, 0.6) is 0 Å². The van der Waals surface area contributed by atoms with Crippen LogP contribution in [-0.4, -0.2) is 9.55 Å². The topological polar surface area (TPSA) is 41.0 Å². The first-order valence-corrected chi connectivity index (χ1v) is 12.0. The zero-order valence-corrected chi connectivity index (χ0v) is 20.1. The molecule has 6 heteroatoms. The molecule has 6 rings (SSSR count). The molecule has 4 nitrogen and oxygen atoms in total. The number of anilines is 1. The summed E-state index contributed by atoms with van der Waals surface area (Å²) >= 11 is 0. The van der Waals surface area contributed by atoms with Crippen molar-refractivity contribution in [3.05, 3.63) is 136 Å². The molecule has 0 radical (unpaired) electrons. The second kappa shape index (κ2) is 9.06. The summed E-state index contributed by atoms with van der Waals surface area (Å²) in [7, 11) is 1.64. The van der Waals surface area contributed by atoms with Gasteiger partial charge in [-0.1, -0.05) is 72.8 Å². The van der Waals surface area contributed by atoms with Gasteiger partial charge >= 0.3 is 0 Å². The molecular formula is C31H23F2N3O. The fourth-order valence-electron chi connectivity index (χ4n) is 4.96. The van der Waals surface area contributed by atoms with E-state index in [4.69, 9.17) is 0 Å². The Labute approximate surface area is 212 Å². The Bertz CT molecular complexity index is 1750. The summed E-state index contributed by atoms with van der Waals surface area (Å²) < 4.78 is 31.5. The molecule has 1 aliphatic rings. The van der Waals surface area contributed by atoms with E-state index in [1.54, 1.807) is 24.3 Å². The molecule has 0 spiro atoms. The maximum absolute atomic E-state index is 15.6. The van der Waals surface area contributed by atoms with E-state index < -0.39 is 11.6 Å². The summed E-state index contributed by atoms with van der Waals surface area (Å²) in [5.74, 6) is -1.34. The van der Waals surface area contributed by atoms with Gasteiger partial charge in [-0.15, -0.1) is 0 Å². The number of allylic oxidation sites excluding steroid dienone is 2. The van der Waals surface area contributed by atoms with Gasteiger partial charge < -0.3 is 14.5 Å². The third-order valence-electron chi connectivity index (χ3n) is 6.69. The Balaban J connectivity index is 1.59. The lowest BCUT2D eigenvalue weighted by Gasteiger charge is -2.23. The lowest BCUT2D eigenvalue weighted by Crippen LogP contribution is -2.17. The number of aromatic amines is 1. The number of hydrogen-bond acceptors (Lipinski definition) is 2. The number of H-pyrrole nitrogens is 1. The maximum atomic E-state index is 15.6. The first-order chi connectivity index (χ1) is 18.0. The van der Waals surface area contributed by atoms with Crippen molar-refractivity contribution in [1.82, 2.24) is 9.55 Å². The normalized spacial score (nSPS) is 13.3. The van der Waals surface area contributed by atoms with Gasteiger partial charge in [-0.25, -0.2) is 8.78 Å². The van der Waals surface area contributed by atoms with Crippen molar-refractivity contribution in [2.24, 2.45) is 7.05 Å². The number of nitrogens with zero attached hydrogens (tertiary/aromatic N) is 2. The molecule has 1 N–H and O–H groups in total. The molecule has 3 heterocycles. The Kier molecular flexibility index (Phi) is 5.57. The van der Waals surface area contributed by atoms with Gasteiger partial charge in [-0.05, 0) is 28.3 Å². The van der Waals surface area contributed by atoms with Gasteiger partial charge in [0.15, 0.2) is 0 Å². The Morgan fingerprint density at radius 3 is 2.46 bits per heavy atom. The van der Waals surface area contributed by atoms with Crippen molar-refractivity contribution < 1.29 is 8.78 Å². The van der Waals surface area contributed by atoms with Crippen LogP contribution in [-0.2, 0) is 13.6 Å². The second-order valence-electron chi connectivity index (χ2n) is 9.13. The third-order valence-corrected chi connectivity index (χ3v) is 6.69. The van der Waals surface area contributed by atoms with Crippen LogP contribution in [0.1, 0.15) is 16.7 Å². The Morgan fingerprint density at radius 2 is 1.70 bits per heavy atom. The fourth-order valence-corrected chi connectivity index (χ4v) is 4.96. The molecule has 0 fully saturated rings. The third kappa shape index (κ3) is 4.06. The summed E-state index contributed by atoms with van der Waals surface area (Å²) in [6.07, 6.45) is 9.31. The smallest absolute Gasteiger partial charge is 0.274 e. The van der Waals surface area contributed by atoms with E-state index in [1.807, 2.05) is 79.0 Å². The molecular weight excluding hydrogens is 468 g/mol. The van der Waals surface area contributed by atoms with Crippen LogP contribution in [0.25, 0.3) is 33.7 Å². The van der Waals surface area contributed by atoms with E-state index in [1.165, 1.54) is 10.6 Å². The van der Waals surface area contributed by atoms with Gasteiger partial charge in [0.1, 0.15) is 17.2 Å². The number of nitrogens with one attached hydrogen (secondary N) is 1. The Morgan fingerprint density at radius 1 is 0.973 bits per heavy atom. The molecule has 2 aromatic heterocycles. The summed E-state index contributed by atoms with van der Waals surface area (Å²) in [6, 6.07) is 22.0. The van der Waals surface area contributed by atoms with Gasteiger partial charge in [0.2, 0.25) is 0 Å². The molecule has 3 aromatic carbocycles. The van der Waals surface area contributed by atoms with E-state index >= 15 is 4.39 Å². The van der Waals surface area contributed by atoms with Gasteiger partial charge in [-0.2, -0.15) is 0 Å². The van der Waals surface area contributed by atoms with E-state index in [9.17, 15) is 9.18 Å². The van der Waals surface area contributed by atoms with Crippen molar-refractivity contribution in [3.8, 4) is 11.1 Å². The van der Waals surface area contributed by atoms with E-state index in [2.05, 4.69) is 4.98 Å². The summed E-state index contributed by atoms with van der Waals surface area (Å²) in [5.41, 5.74) is 5.16. The van der Waals surface area contributed by atoms with Crippen molar-refractivity contribution in [1.29, 1.82) is 0 Å². The highest BCUT2D eigenvalue weighted by atomic mass is 19.1. The number of hydrogen-bond donors (Lipinski definition) is 1. The highest BCUT2D eigenvalue weighted by Crippen LogP contribution is 2.42. The lowest BCUT2D eigenvalue weighted by molar-refractivity contribution is 0.583. The van der Waals surface area contributed by atoms with Crippen molar-refractivity contribution in [2.45, 2.75) is 6.54 Å². The molecule has 5 aromatic rings. The van der Waals surface area contributed by atoms with Crippen LogP contribution in [0.4, 0.5) is 14.5 Å². The molecule has 0 saturated heterocycles. The number of aryl methyl sites for hydroxylation is 1. The summed E-state index contributed by atoms with van der Waals surface area (Å²) in [5, 5.41) is 0.686. The number of halogens is 2. The lowest BCUT2D eigenvalue weighted by atomic mass is 10.0. The fraction of sp³-hybridized carbons (Fsp3) is 0.0645. The molecule has 0 unspecified atom stereocenters. The molecule has 182 valence electrons. The van der Waals surface area contributed by atoms with Crippen LogP contribution in [0.15, 0.2) is 102 Å². The van der Waals surface area contributed by atoms with Crippen LogP contribution < -0.4 is 10.5 Å². The first-order valence-electron chi connectivity index (χ1n) is 12.0. The first kappa shape index (κ1) is 22.7. The van der Waals surface area contributed by atoms with Gasteiger partial charge in [0.05, 0.1) is 5.69 Å². The number of rotatable bonds is 4. The SMILES string of the molecule is Cn1cc2c3c(c[nH]c3c1=O)CN(/C=C(/C=C/c1ccccc1)c1ccccc1)c1c(F)cc(F)cc1-2. The molecule has 0 atom stereocenters. The highest BCUT2D eigenvalue weighted by molar-refractivity contribution is 6.02. The minimum Gasteiger partial charge on any atom is -0.356 e. The van der Waals surface area contributed by atoms with Gasteiger partial charge in [0, 0.05) is 54.8 Å². The number of aromatic nitrogens is 2. The zero-order valence-electron chi connectivity index (χ0n) is 20.1. The van der Waals surface area contributed by atoms with Gasteiger partial charge in [0.25, 0.3) is 5.56 Å². The average Bonchev–Trinajstić information content (AvgIpc) is 3.27. The van der Waals surface area contributed by atoms with Crippen LogP contribution in [0.2, 0.25) is 0 Å². The largest absolute Gasteiger partial charge is 0.356 e. The summed E-state index contributed by atoms with van der Waals surface area (Å²) in [6.45, 7) is 0.297. The quantitative estimate of drug-likeness (QED) is 0.278. The molecule has 37 heavy (non-hydrogen) atoms. The van der Waals surface area contributed by atoms with E-state index in [0.717, 1.165) is 28.3 Å². The van der Waals surface area contributed by atoms with Crippen molar-refractivity contribution in [2.75, 3.05) is 4.90 Å². The summed E-state index contributed by atoms with van der Waals surface area (Å²) in [4.78, 5) is 17.7. The van der Waals surface area contributed by atoms with E-state index in [0.29, 0.717) is 28.6 Å². The van der Waals surface area contributed by atoms with Crippen molar-refractivity contribution in [3.63, 3.8) is 0 Å². The number of pyridine rings is 1. The second-order valence-corrected chi connectivity index (χ2v) is 9.13. The molecule has 0 saturated carbocycles. The Hall–Kier alpha value is -4.71.